The van der Waals surface area contributed by atoms with Crippen LogP contribution in [0.1, 0.15) is 36.1 Å². The molecule has 0 saturated carbocycles. The predicted octanol–water partition coefficient (Wildman–Crippen LogP) is 4.43. The van der Waals surface area contributed by atoms with Crippen LogP contribution in [0.15, 0.2) is 30.3 Å². The van der Waals surface area contributed by atoms with Gasteiger partial charge in [0.05, 0.1) is 5.92 Å². The Bertz CT molecular complexity index is 888. The standard InChI is InChI=1S/C21H21ClO4/c1-21(2)10-15-7-17(22)8-16(19(15)26-21)11-25-18-4-3-12-5-14(20(23)24)6-13(12)9-18/h3-4,7-9,14H,5-6,10-11H2,1-2H3,(H,23,24). The van der Waals surface area contributed by atoms with Crippen molar-refractivity contribution in [3.05, 3.63) is 57.6 Å². The van der Waals surface area contributed by atoms with Crippen LogP contribution in [-0.4, -0.2) is 16.7 Å². The van der Waals surface area contributed by atoms with E-state index in [-0.39, 0.29) is 11.5 Å². The van der Waals surface area contributed by atoms with E-state index in [1.807, 2.05) is 30.3 Å². The molecule has 4 rings (SSSR count). The maximum Gasteiger partial charge on any atom is 0.307 e. The Morgan fingerprint density at radius 1 is 1.23 bits per heavy atom. The van der Waals surface area contributed by atoms with Crippen LogP contribution in [-0.2, 0) is 30.7 Å². The van der Waals surface area contributed by atoms with Crippen molar-refractivity contribution in [3.63, 3.8) is 0 Å². The third-order valence-corrected chi connectivity index (χ3v) is 5.27. The maximum absolute atomic E-state index is 11.2. The fourth-order valence-corrected chi connectivity index (χ4v) is 4.14. The SMILES string of the molecule is CC1(C)Cc2cc(Cl)cc(COc3ccc4c(c3)CC(C(=O)O)C4)c2O1. The lowest BCUT2D eigenvalue weighted by molar-refractivity contribution is -0.141. The summed E-state index contributed by atoms with van der Waals surface area (Å²) in [6.07, 6.45) is 1.98. The molecule has 0 saturated heterocycles. The van der Waals surface area contributed by atoms with Crippen molar-refractivity contribution in [2.24, 2.45) is 5.92 Å². The Morgan fingerprint density at radius 3 is 2.77 bits per heavy atom. The summed E-state index contributed by atoms with van der Waals surface area (Å²) in [5, 5.41) is 9.89. The number of rotatable bonds is 4. The van der Waals surface area contributed by atoms with E-state index >= 15 is 0 Å². The van der Waals surface area contributed by atoms with E-state index in [0.717, 1.165) is 40.2 Å². The first kappa shape index (κ1) is 17.2. The minimum atomic E-state index is -0.738. The highest BCUT2D eigenvalue weighted by atomic mass is 35.5. The van der Waals surface area contributed by atoms with E-state index in [0.29, 0.717) is 24.5 Å². The van der Waals surface area contributed by atoms with E-state index in [2.05, 4.69) is 13.8 Å². The van der Waals surface area contributed by atoms with Gasteiger partial charge in [-0.05, 0) is 67.6 Å². The quantitative estimate of drug-likeness (QED) is 0.862. The molecule has 136 valence electrons. The molecule has 1 heterocycles. The molecule has 1 unspecified atom stereocenters. The van der Waals surface area contributed by atoms with Crippen molar-refractivity contribution >= 4 is 17.6 Å². The van der Waals surface area contributed by atoms with Gasteiger partial charge in [0.1, 0.15) is 23.7 Å². The van der Waals surface area contributed by atoms with Gasteiger partial charge in [0, 0.05) is 17.0 Å². The van der Waals surface area contributed by atoms with Gasteiger partial charge in [-0.2, -0.15) is 0 Å². The van der Waals surface area contributed by atoms with Crippen LogP contribution in [0.5, 0.6) is 11.5 Å². The lowest BCUT2D eigenvalue weighted by Gasteiger charge is -2.18. The third kappa shape index (κ3) is 3.26. The molecule has 4 nitrogen and oxygen atoms in total. The smallest absolute Gasteiger partial charge is 0.307 e. The summed E-state index contributed by atoms with van der Waals surface area (Å²) in [7, 11) is 0. The number of carboxylic acids is 1. The summed E-state index contributed by atoms with van der Waals surface area (Å²) in [6, 6.07) is 9.66. The van der Waals surface area contributed by atoms with Crippen LogP contribution < -0.4 is 9.47 Å². The molecule has 26 heavy (non-hydrogen) atoms. The highest BCUT2D eigenvalue weighted by molar-refractivity contribution is 6.30. The average molecular weight is 373 g/mol. The van der Waals surface area contributed by atoms with Crippen molar-refractivity contribution in [2.75, 3.05) is 0 Å². The Balaban J connectivity index is 1.52. The summed E-state index contributed by atoms with van der Waals surface area (Å²) in [5.41, 5.74) is 3.96. The normalized spacial score (nSPS) is 19.6. The zero-order chi connectivity index (χ0) is 18.5. The molecule has 1 N–H and O–H groups in total. The summed E-state index contributed by atoms with van der Waals surface area (Å²) in [5.74, 6) is 0.539. The van der Waals surface area contributed by atoms with Gasteiger partial charge in [-0.25, -0.2) is 0 Å². The second-order valence-corrected chi connectivity index (χ2v) is 8.19. The first-order valence-corrected chi connectivity index (χ1v) is 9.16. The summed E-state index contributed by atoms with van der Waals surface area (Å²) in [4.78, 5) is 11.2. The lowest BCUT2D eigenvalue weighted by Crippen LogP contribution is -2.25. The Morgan fingerprint density at radius 2 is 2.00 bits per heavy atom. The monoisotopic (exact) mass is 372 g/mol. The largest absolute Gasteiger partial charge is 0.489 e. The second-order valence-electron chi connectivity index (χ2n) is 7.75. The first-order chi connectivity index (χ1) is 12.3. The van der Waals surface area contributed by atoms with Crippen LogP contribution >= 0.6 is 11.6 Å². The molecule has 0 fully saturated rings. The Hall–Kier alpha value is -2.20. The number of aliphatic carboxylic acids is 1. The van der Waals surface area contributed by atoms with Crippen molar-refractivity contribution in [1.82, 2.24) is 0 Å². The highest BCUT2D eigenvalue weighted by Crippen LogP contribution is 2.40. The van der Waals surface area contributed by atoms with Crippen LogP contribution in [0.4, 0.5) is 0 Å². The second kappa shape index (κ2) is 6.20. The number of halogens is 1. The molecule has 1 aliphatic heterocycles. The molecule has 1 atom stereocenters. The number of hydrogen-bond donors (Lipinski definition) is 1. The average Bonchev–Trinajstić information content (AvgIpc) is 3.11. The van der Waals surface area contributed by atoms with E-state index in [9.17, 15) is 9.90 Å². The van der Waals surface area contributed by atoms with Crippen molar-refractivity contribution in [1.29, 1.82) is 0 Å². The molecular formula is C21H21ClO4. The molecule has 2 aliphatic rings. The number of ether oxygens (including phenoxy) is 2. The molecule has 0 bridgehead atoms. The molecular weight excluding hydrogens is 352 g/mol. The summed E-state index contributed by atoms with van der Waals surface area (Å²) in [6.45, 7) is 4.48. The lowest BCUT2D eigenvalue weighted by atomic mass is 10.0. The first-order valence-electron chi connectivity index (χ1n) is 8.78. The van der Waals surface area contributed by atoms with Crippen molar-refractivity contribution in [3.8, 4) is 11.5 Å². The van der Waals surface area contributed by atoms with E-state index in [1.54, 1.807) is 0 Å². The zero-order valence-corrected chi connectivity index (χ0v) is 15.6. The zero-order valence-electron chi connectivity index (χ0n) is 14.8. The number of hydrogen-bond acceptors (Lipinski definition) is 3. The summed E-state index contributed by atoms with van der Waals surface area (Å²) < 4.78 is 12.1. The highest BCUT2D eigenvalue weighted by Gasteiger charge is 2.32. The van der Waals surface area contributed by atoms with E-state index in [4.69, 9.17) is 21.1 Å². The Kier molecular flexibility index (Phi) is 4.11. The maximum atomic E-state index is 11.2. The topological polar surface area (TPSA) is 55.8 Å². The van der Waals surface area contributed by atoms with E-state index < -0.39 is 5.97 Å². The van der Waals surface area contributed by atoms with Crippen LogP contribution in [0.25, 0.3) is 0 Å². The fourth-order valence-electron chi connectivity index (χ4n) is 3.87. The molecule has 2 aromatic carbocycles. The fraction of sp³-hybridized carbons (Fsp3) is 0.381. The molecule has 1 aliphatic carbocycles. The van der Waals surface area contributed by atoms with Gasteiger partial charge < -0.3 is 14.6 Å². The number of carbonyl (C=O) groups is 1. The molecule has 5 heteroatoms. The molecule has 0 radical (unpaired) electrons. The van der Waals surface area contributed by atoms with Gasteiger partial charge in [-0.1, -0.05) is 17.7 Å². The van der Waals surface area contributed by atoms with Crippen LogP contribution in [0.3, 0.4) is 0 Å². The Labute approximate surface area is 157 Å². The third-order valence-electron chi connectivity index (χ3n) is 5.06. The number of carboxylic acid groups (broad SMARTS) is 1. The van der Waals surface area contributed by atoms with Gasteiger partial charge in [-0.15, -0.1) is 0 Å². The van der Waals surface area contributed by atoms with Gasteiger partial charge in [-0.3, -0.25) is 4.79 Å². The van der Waals surface area contributed by atoms with Crippen LogP contribution in [0.2, 0.25) is 5.02 Å². The molecule has 0 spiro atoms. The molecule has 2 aromatic rings. The van der Waals surface area contributed by atoms with Gasteiger partial charge in [0.2, 0.25) is 0 Å². The molecule has 0 amide bonds. The minimum Gasteiger partial charge on any atom is -0.489 e. The van der Waals surface area contributed by atoms with Crippen molar-refractivity contribution in [2.45, 2.75) is 45.3 Å². The number of benzene rings is 2. The molecule has 0 aromatic heterocycles. The summed E-state index contributed by atoms with van der Waals surface area (Å²) >= 11 is 6.26. The van der Waals surface area contributed by atoms with Gasteiger partial charge in [0.25, 0.3) is 0 Å². The minimum absolute atomic E-state index is 0.235. The van der Waals surface area contributed by atoms with Crippen LogP contribution in [0, 0.1) is 5.92 Å². The van der Waals surface area contributed by atoms with Gasteiger partial charge in [0.15, 0.2) is 0 Å². The van der Waals surface area contributed by atoms with Crippen molar-refractivity contribution < 1.29 is 19.4 Å². The van der Waals surface area contributed by atoms with E-state index in [1.165, 1.54) is 0 Å². The predicted molar refractivity (Wildman–Crippen MR) is 99.2 cm³/mol. The van der Waals surface area contributed by atoms with Gasteiger partial charge >= 0.3 is 5.97 Å². The number of fused-ring (bicyclic) bond motifs is 2.